The maximum atomic E-state index is 11.1. The van der Waals surface area contributed by atoms with Crippen molar-refractivity contribution in [2.45, 2.75) is 25.9 Å². The zero-order valence-electron chi connectivity index (χ0n) is 9.98. The molecule has 0 spiro atoms. The smallest absolute Gasteiger partial charge is 0.220 e. The monoisotopic (exact) mass is 234 g/mol. The summed E-state index contributed by atoms with van der Waals surface area (Å²) in [5.41, 5.74) is 1.15. The van der Waals surface area contributed by atoms with Crippen molar-refractivity contribution in [1.29, 1.82) is 0 Å². The molecule has 0 heterocycles. The van der Waals surface area contributed by atoms with Gasteiger partial charge in [0.2, 0.25) is 5.91 Å². The molecule has 0 bridgehead atoms. The summed E-state index contributed by atoms with van der Waals surface area (Å²) < 4.78 is 0. The van der Waals surface area contributed by atoms with E-state index in [1.54, 1.807) is 6.92 Å². The fraction of sp³-hybridized carbons (Fsp3) is 0.385. The van der Waals surface area contributed by atoms with E-state index in [-0.39, 0.29) is 5.91 Å². The first kappa shape index (κ1) is 13.4. The number of amides is 1. The van der Waals surface area contributed by atoms with E-state index in [4.69, 9.17) is 0 Å². The minimum absolute atomic E-state index is 0.108. The van der Waals surface area contributed by atoms with Crippen molar-refractivity contribution in [3.05, 3.63) is 35.9 Å². The Bertz CT molecular complexity index is 352. The molecule has 0 aliphatic heterocycles. The van der Waals surface area contributed by atoms with Gasteiger partial charge >= 0.3 is 0 Å². The summed E-state index contributed by atoms with van der Waals surface area (Å²) in [6.45, 7) is 2.89. The Morgan fingerprint density at radius 3 is 2.65 bits per heavy atom. The molecule has 0 fully saturated rings. The average molecular weight is 234 g/mol. The van der Waals surface area contributed by atoms with Gasteiger partial charge in [-0.1, -0.05) is 37.3 Å². The standard InChI is InChI=1S/C13H18N2O2/c1-2-13(17)15-12(10-16)9-14-8-11-6-4-3-5-7-11/h3-7,10,12,14H,2,8-9H2,1H3,(H,15,17). The van der Waals surface area contributed by atoms with Crippen LogP contribution in [0.4, 0.5) is 0 Å². The number of hydrogen-bond acceptors (Lipinski definition) is 3. The quantitative estimate of drug-likeness (QED) is 0.688. The van der Waals surface area contributed by atoms with Crippen molar-refractivity contribution in [1.82, 2.24) is 10.6 Å². The van der Waals surface area contributed by atoms with Crippen LogP contribution < -0.4 is 10.6 Å². The summed E-state index contributed by atoms with van der Waals surface area (Å²) >= 11 is 0. The van der Waals surface area contributed by atoms with E-state index in [0.717, 1.165) is 11.8 Å². The molecule has 2 N–H and O–H groups in total. The molecule has 92 valence electrons. The van der Waals surface area contributed by atoms with E-state index < -0.39 is 6.04 Å². The zero-order valence-corrected chi connectivity index (χ0v) is 9.98. The SMILES string of the molecule is CCC(=O)NC(C=O)CNCc1ccccc1. The molecule has 1 aromatic carbocycles. The second-order valence-electron chi connectivity index (χ2n) is 3.78. The van der Waals surface area contributed by atoms with Crippen LogP contribution >= 0.6 is 0 Å². The fourth-order valence-electron chi connectivity index (χ4n) is 1.41. The number of benzene rings is 1. The van der Waals surface area contributed by atoms with Gasteiger partial charge in [0.05, 0.1) is 6.04 Å². The van der Waals surface area contributed by atoms with Crippen molar-refractivity contribution in [2.75, 3.05) is 6.54 Å². The summed E-state index contributed by atoms with van der Waals surface area (Å²) in [7, 11) is 0. The van der Waals surface area contributed by atoms with Crippen LogP contribution in [0.25, 0.3) is 0 Å². The summed E-state index contributed by atoms with van der Waals surface area (Å²) in [4.78, 5) is 21.9. The summed E-state index contributed by atoms with van der Waals surface area (Å²) in [5, 5.41) is 5.77. The molecular formula is C13H18N2O2. The minimum Gasteiger partial charge on any atom is -0.345 e. The Labute approximate surface area is 101 Å². The van der Waals surface area contributed by atoms with Crippen LogP contribution in [0.3, 0.4) is 0 Å². The van der Waals surface area contributed by atoms with Gasteiger partial charge in [0.25, 0.3) is 0 Å². The van der Waals surface area contributed by atoms with Gasteiger partial charge in [0, 0.05) is 19.5 Å². The molecule has 1 aromatic rings. The van der Waals surface area contributed by atoms with Crippen LogP contribution in [0, 0.1) is 0 Å². The molecule has 4 heteroatoms. The van der Waals surface area contributed by atoms with Crippen LogP contribution in [0.2, 0.25) is 0 Å². The highest BCUT2D eigenvalue weighted by molar-refractivity contribution is 5.79. The number of carbonyl (C=O) groups is 2. The lowest BCUT2D eigenvalue weighted by molar-refractivity contribution is -0.123. The molecule has 0 radical (unpaired) electrons. The predicted octanol–water partition coefficient (Wildman–Crippen LogP) is 0.870. The maximum Gasteiger partial charge on any atom is 0.220 e. The van der Waals surface area contributed by atoms with Crippen molar-refractivity contribution in [3.63, 3.8) is 0 Å². The first-order chi connectivity index (χ1) is 8.26. The van der Waals surface area contributed by atoms with E-state index in [9.17, 15) is 9.59 Å². The maximum absolute atomic E-state index is 11.1. The van der Waals surface area contributed by atoms with E-state index in [2.05, 4.69) is 10.6 Å². The van der Waals surface area contributed by atoms with Gasteiger partial charge < -0.3 is 15.4 Å². The number of hydrogen-bond donors (Lipinski definition) is 2. The van der Waals surface area contributed by atoms with Crippen molar-refractivity contribution < 1.29 is 9.59 Å². The van der Waals surface area contributed by atoms with Crippen LogP contribution in [-0.2, 0) is 16.1 Å². The lowest BCUT2D eigenvalue weighted by Crippen LogP contribution is -2.42. The highest BCUT2D eigenvalue weighted by atomic mass is 16.2. The number of nitrogens with one attached hydrogen (secondary N) is 2. The van der Waals surface area contributed by atoms with Gasteiger partial charge in [-0.25, -0.2) is 0 Å². The average Bonchev–Trinajstić information content (AvgIpc) is 2.38. The highest BCUT2D eigenvalue weighted by Gasteiger charge is 2.08. The Balaban J connectivity index is 2.29. The van der Waals surface area contributed by atoms with Crippen molar-refractivity contribution >= 4 is 12.2 Å². The Morgan fingerprint density at radius 2 is 2.06 bits per heavy atom. The van der Waals surface area contributed by atoms with E-state index in [1.165, 1.54) is 0 Å². The lowest BCUT2D eigenvalue weighted by Gasteiger charge is -2.13. The third-order valence-corrected chi connectivity index (χ3v) is 2.37. The summed E-state index contributed by atoms with van der Waals surface area (Å²) in [6, 6.07) is 9.45. The van der Waals surface area contributed by atoms with Crippen LogP contribution in [0.15, 0.2) is 30.3 Å². The molecule has 1 rings (SSSR count). The highest BCUT2D eigenvalue weighted by Crippen LogP contribution is 1.96. The first-order valence-corrected chi connectivity index (χ1v) is 5.75. The van der Waals surface area contributed by atoms with Gasteiger partial charge in [-0.2, -0.15) is 0 Å². The third kappa shape index (κ3) is 5.26. The predicted molar refractivity (Wildman–Crippen MR) is 66.4 cm³/mol. The topological polar surface area (TPSA) is 58.2 Å². The molecule has 0 aliphatic carbocycles. The van der Waals surface area contributed by atoms with Gasteiger partial charge in [0.15, 0.2) is 0 Å². The third-order valence-electron chi connectivity index (χ3n) is 2.37. The number of aldehydes is 1. The molecule has 0 saturated carbocycles. The molecule has 1 amide bonds. The van der Waals surface area contributed by atoms with Crippen LogP contribution in [-0.4, -0.2) is 24.8 Å². The Hall–Kier alpha value is -1.68. The van der Waals surface area contributed by atoms with E-state index in [0.29, 0.717) is 19.5 Å². The molecule has 0 saturated heterocycles. The molecule has 1 atom stereocenters. The van der Waals surface area contributed by atoms with Crippen LogP contribution in [0.1, 0.15) is 18.9 Å². The number of carbonyl (C=O) groups excluding carboxylic acids is 2. The van der Waals surface area contributed by atoms with E-state index >= 15 is 0 Å². The molecule has 4 nitrogen and oxygen atoms in total. The molecule has 0 aliphatic rings. The largest absolute Gasteiger partial charge is 0.345 e. The Morgan fingerprint density at radius 1 is 1.35 bits per heavy atom. The van der Waals surface area contributed by atoms with Crippen molar-refractivity contribution in [3.8, 4) is 0 Å². The molecule has 1 unspecified atom stereocenters. The first-order valence-electron chi connectivity index (χ1n) is 5.75. The van der Waals surface area contributed by atoms with Gasteiger partial charge in [-0.15, -0.1) is 0 Å². The lowest BCUT2D eigenvalue weighted by atomic mass is 10.2. The second kappa shape index (κ2) is 7.57. The zero-order chi connectivity index (χ0) is 12.5. The van der Waals surface area contributed by atoms with Gasteiger partial charge in [-0.3, -0.25) is 4.79 Å². The summed E-state index contributed by atoms with van der Waals surface area (Å²) in [6.07, 6.45) is 1.15. The molecule has 17 heavy (non-hydrogen) atoms. The number of rotatable bonds is 7. The summed E-state index contributed by atoms with van der Waals surface area (Å²) in [5.74, 6) is -0.108. The van der Waals surface area contributed by atoms with Gasteiger partial charge in [0.1, 0.15) is 6.29 Å². The second-order valence-corrected chi connectivity index (χ2v) is 3.78. The normalized spacial score (nSPS) is 11.8. The van der Waals surface area contributed by atoms with Crippen molar-refractivity contribution in [2.24, 2.45) is 0 Å². The van der Waals surface area contributed by atoms with Gasteiger partial charge in [-0.05, 0) is 5.56 Å². The fourth-order valence-corrected chi connectivity index (χ4v) is 1.41. The molecular weight excluding hydrogens is 216 g/mol. The minimum atomic E-state index is -0.453. The van der Waals surface area contributed by atoms with Crippen LogP contribution in [0.5, 0.6) is 0 Å². The Kier molecular flexibility index (Phi) is 5.96. The van der Waals surface area contributed by atoms with E-state index in [1.807, 2.05) is 30.3 Å². The molecule has 0 aromatic heterocycles.